The Labute approximate surface area is 107 Å². The van der Waals surface area contributed by atoms with E-state index < -0.39 is 0 Å². The Bertz CT molecular complexity index is 460. The summed E-state index contributed by atoms with van der Waals surface area (Å²) in [5, 5.41) is 17.4. The zero-order valence-corrected chi connectivity index (χ0v) is 10.4. The molecule has 18 heavy (non-hydrogen) atoms. The molecule has 2 N–H and O–H groups in total. The number of rotatable bonds is 4. The van der Waals surface area contributed by atoms with Crippen molar-refractivity contribution in [3.8, 4) is 11.8 Å². The van der Waals surface area contributed by atoms with Crippen LogP contribution in [-0.4, -0.2) is 47.8 Å². The minimum Gasteiger partial charge on any atom is -0.396 e. The van der Waals surface area contributed by atoms with Crippen LogP contribution in [0.4, 0.5) is 0 Å². The maximum atomic E-state index is 12.1. The van der Waals surface area contributed by atoms with Gasteiger partial charge in [0.2, 0.25) is 0 Å². The second-order valence-electron chi connectivity index (χ2n) is 3.81. The highest BCUT2D eigenvalue weighted by Crippen LogP contribution is 2.10. The molecule has 1 aromatic carbocycles. The smallest absolute Gasteiger partial charge is 0.254 e. The molecule has 0 heterocycles. The fourth-order valence-electron chi connectivity index (χ4n) is 1.53. The molecular formula is C14H17NO3. The molecule has 0 unspecified atom stereocenters. The van der Waals surface area contributed by atoms with Crippen molar-refractivity contribution in [2.45, 2.75) is 6.42 Å². The van der Waals surface area contributed by atoms with Gasteiger partial charge in [-0.2, -0.15) is 0 Å². The first-order chi connectivity index (χ1) is 8.70. The summed E-state index contributed by atoms with van der Waals surface area (Å²) in [5.41, 5.74) is 1.12. The zero-order chi connectivity index (χ0) is 13.4. The van der Waals surface area contributed by atoms with Gasteiger partial charge in [0.1, 0.15) is 6.61 Å². The normalized spacial score (nSPS) is 9.50. The molecule has 0 aliphatic rings. The first-order valence-corrected chi connectivity index (χ1v) is 5.75. The number of hydrogen-bond acceptors (Lipinski definition) is 3. The van der Waals surface area contributed by atoms with Gasteiger partial charge in [0.05, 0.1) is 5.56 Å². The molecular weight excluding hydrogens is 230 g/mol. The van der Waals surface area contributed by atoms with Crippen molar-refractivity contribution in [3.63, 3.8) is 0 Å². The predicted molar refractivity (Wildman–Crippen MR) is 69.1 cm³/mol. The summed E-state index contributed by atoms with van der Waals surface area (Å²) in [6.45, 7) is 0.323. The molecule has 1 aromatic rings. The van der Waals surface area contributed by atoms with Gasteiger partial charge in [0.15, 0.2) is 0 Å². The molecule has 1 amide bonds. The van der Waals surface area contributed by atoms with Crippen molar-refractivity contribution in [2.75, 3.05) is 26.8 Å². The third-order valence-electron chi connectivity index (χ3n) is 2.46. The molecule has 0 saturated carbocycles. The van der Waals surface area contributed by atoms with Gasteiger partial charge in [-0.1, -0.05) is 24.0 Å². The van der Waals surface area contributed by atoms with Gasteiger partial charge >= 0.3 is 0 Å². The third-order valence-corrected chi connectivity index (χ3v) is 2.46. The summed E-state index contributed by atoms with van der Waals surface area (Å²) < 4.78 is 0. The molecule has 0 saturated heterocycles. The maximum absolute atomic E-state index is 12.1. The van der Waals surface area contributed by atoms with Crippen LogP contribution in [0.1, 0.15) is 22.3 Å². The minimum atomic E-state index is -0.233. The summed E-state index contributed by atoms with van der Waals surface area (Å²) in [7, 11) is 1.69. The summed E-state index contributed by atoms with van der Waals surface area (Å²) in [6, 6.07) is 7.03. The van der Waals surface area contributed by atoms with Gasteiger partial charge in [-0.05, 0) is 18.6 Å². The summed E-state index contributed by atoms with van der Waals surface area (Å²) in [4.78, 5) is 13.7. The molecule has 0 aromatic heterocycles. The van der Waals surface area contributed by atoms with Gasteiger partial charge in [0.25, 0.3) is 5.91 Å². The number of hydrogen-bond donors (Lipinski definition) is 2. The second kappa shape index (κ2) is 7.49. The van der Waals surface area contributed by atoms with Crippen LogP contribution in [-0.2, 0) is 0 Å². The monoisotopic (exact) mass is 247 g/mol. The van der Waals surface area contributed by atoms with E-state index in [0.717, 1.165) is 0 Å². The molecule has 0 bridgehead atoms. The van der Waals surface area contributed by atoms with Crippen LogP contribution in [0.2, 0.25) is 0 Å². The van der Waals surface area contributed by atoms with E-state index in [4.69, 9.17) is 10.2 Å². The lowest BCUT2D eigenvalue weighted by molar-refractivity contribution is 0.0786. The van der Waals surface area contributed by atoms with E-state index in [-0.39, 0.29) is 19.1 Å². The lowest BCUT2D eigenvalue weighted by Gasteiger charge is -2.17. The van der Waals surface area contributed by atoms with Gasteiger partial charge in [0, 0.05) is 25.8 Å². The van der Waals surface area contributed by atoms with E-state index in [1.165, 1.54) is 0 Å². The van der Waals surface area contributed by atoms with Crippen LogP contribution in [0.25, 0.3) is 0 Å². The molecule has 4 heteroatoms. The predicted octanol–water partition coefficient (Wildman–Crippen LogP) is 0.485. The first-order valence-electron chi connectivity index (χ1n) is 5.75. The van der Waals surface area contributed by atoms with Crippen LogP contribution in [0.3, 0.4) is 0 Å². The average Bonchev–Trinajstić information content (AvgIpc) is 2.42. The lowest BCUT2D eigenvalue weighted by Crippen LogP contribution is -2.28. The Hall–Kier alpha value is -1.83. The van der Waals surface area contributed by atoms with E-state index in [0.29, 0.717) is 24.1 Å². The van der Waals surface area contributed by atoms with E-state index >= 15 is 0 Å². The van der Waals surface area contributed by atoms with Gasteiger partial charge in [-0.25, -0.2) is 0 Å². The van der Waals surface area contributed by atoms with Gasteiger partial charge < -0.3 is 15.1 Å². The van der Waals surface area contributed by atoms with Gasteiger partial charge in [-0.3, -0.25) is 4.79 Å². The van der Waals surface area contributed by atoms with E-state index in [9.17, 15) is 4.79 Å². The number of aliphatic hydroxyl groups excluding tert-OH is 2. The van der Waals surface area contributed by atoms with Crippen molar-refractivity contribution in [1.82, 2.24) is 4.90 Å². The maximum Gasteiger partial charge on any atom is 0.254 e. The number of carbonyl (C=O) groups is 1. The summed E-state index contributed by atoms with van der Waals surface area (Å²) >= 11 is 0. The molecule has 1 rings (SSSR count). The Morgan fingerprint density at radius 2 is 2.06 bits per heavy atom. The van der Waals surface area contributed by atoms with Crippen molar-refractivity contribution >= 4 is 5.91 Å². The number of nitrogens with zero attached hydrogens (tertiary/aromatic N) is 1. The lowest BCUT2D eigenvalue weighted by atomic mass is 10.1. The third kappa shape index (κ3) is 3.88. The fraction of sp³-hybridized carbons (Fsp3) is 0.357. The van der Waals surface area contributed by atoms with Crippen molar-refractivity contribution in [3.05, 3.63) is 35.4 Å². The van der Waals surface area contributed by atoms with E-state index in [1.54, 1.807) is 36.2 Å². The quantitative estimate of drug-likeness (QED) is 0.761. The van der Waals surface area contributed by atoms with Crippen LogP contribution in [0, 0.1) is 11.8 Å². The highest BCUT2D eigenvalue weighted by molar-refractivity contribution is 5.96. The molecule has 0 fully saturated rings. The Balaban J connectivity index is 2.91. The van der Waals surface area contributed by atoms with Crippen LogP contribution >= 0.6 is 0 Å². The molecule has 96 valence electrons. The topological polar surface area (TPSA) is 60.8 Å². The first kappa shape index (κ1) is 14.2. The summed E-state index contributed by atoms with van der Waals surface area (Å²) in [5.74, 6) is 5.16. The molecule has 0 aliphatic heterocycles. The minimum absolute atomic E-state index is 0.0591. The van der Waals surface area contributed by atoms with Crippen molar-refractivity contribution in [2.24, 2.45) is 0 Å². The average molecular weight is 247 g/mol. The van der Waals surface area contributed by atoms with Crippen molar-refractivity contribution in [1.29, 1.82) is 0 Å². The van der Waals surface area contributed by atoms with E-state index in [1.807, 2.05) is 0 Å². The molecule has 0 radical (unpaired) electrons. The molecule has 0 aliphatic carbocycles. The van der Waals surface area contributed by atoms with Crippen LogP contribution < -0.4 is 0 Å². The molecule has 0 atom stereocenters. The standard InChI is InChI=1S/C14H17NO3/c1-15(9-5-11-17)14(18)13-8-3-2-6-12(13)7-4-10-16/h2-3,6,8,16-17H,5,9-11H2,1H3. The largest absolute Gasteiger partial charge is 0.396 e. The van der Waals surface area contributed by atoms with Crippen LogP contribution in [0.5, 0.6) is 0 Å². The highest BCUT2D eigenvalue weighted by atomic mass is 16.3. The van der Waals surface area contributed by atoms with Crippen LogP contribution in [0.15, 0.2) is 24.3 Å². The molecule has 0 spiro atoms. The Morgan fingerprint density at radius 3 is 2.72 bits per heavy atom. The van der Waals surface area contributed by atoms with E-state index in [2.05, 4.69) is 11.8 Å². The summed E-state index contributed by atoms with van der Waals surface area (Å²) in [6.07, 6.45) is 0.548. The number of aliphatic hydroxyl groups is 2. The number of benzene rings is 1. The van der Waals surface area contributed by atoms with Crippen molar-refractivity contribution < 1.29 is 15.0 Å². The van der Waals surface area contributed by atoms with Gasteiger partial charge in [-0.15, -0.1) is 0 Å². The number of carbonyl (C=O) groups excluding carboxylic acids is 1. The number of amides is 1. The highest BCUT2D eigenvalue weighted by Gasteiger charge is 2.13. The zero-order valence-electron chi connectivity index (χ0n) is 10.4. The molecule has 4 nitrogen and oxygen atoms in total. The fourth-order valence-corrected chi connectivity index (χ4v) is 1.53. The SMILES string of the molecule is CN(CCCO)C(=O)c1ccccc1C#CCO. The second-order valence-corrected chi connectivity index (χ2v) is 3.81. The Morgan fingerprint density at radius 1 is 1.33 bits per heavy atom. The Kier molecular flexibility index (Phi) is 5.92.